The van der Waals surface area contributed by atoms with Gasteiger partial charge < -0.3 is 4.90 Å². The lowest BCUT2D eigenvalue weighted by molar-refractivity contribution is 0.112. The van der Waals surface area contributed by atoms with Crippen molar-refractivity contribution >= 4 is 15.9 Å². The summed E-state index contributed by atoms with van der Waals surface area (Å²) in [7, 11) is 4.07. The average Bonchev–Trinajstić information content (AvgIpc) is 2.38. The minimum atomic E-state index is -0.225. The Morgan fingerprint density at radius 3 is 2.58 bits per heavy atom. The molecule has 3 N–H and O–H groups in total. The molecule has 3 nitrogen and oxygen atoms in total. The molecule has 0 amide bonds. The third-order valence-corrected chi connectivity index (χ3v) is 4.89. The summed E-state index contributed by atoms with van der Waals surface area (Å²) in [6.07, 6.45) is 1.61. The summed E-state index contributed by atoms with van der Waals surface area (Å²) in [5.74, 6) is 5.50. The number of likely N-dealkylation sites (N-methyl/N-ethyl adjacent to an activating group) is 1. The van der Waals surface area contributed by atoms with Crippen LogP contribution in [0.4, 0.5) is 4.39 Å². The van der Waals surface area contributed by atoms with Gasteiger partial charge >= 0.3 is 0 Å². The smallest absolute Gasteiger partial charge is 0.123 e. The number of nitrogens with zero attached hydrogens (tertiary/aromatic N) is 1. The van der Waals surface area contributed by atoms with E-state index in [1.807, 2.05) is 14.1 Å². The Labute approximate surface area is 123 Å². The maximum atomic E-state index is 13.4. The van der Waals surface area contributed by atoms with Crippen molar-refractivity contribution in [1.82, 2.24) is 10.3 Å². The van der Waals surface area contributed by atoms with Gasteiger partial charge in [-0.25, -0.2) is 4.39 Å². The van der Waals surface area contributed by atoms with Crippen molar-refractivity contribution in [2.75, 3.05) is 14.1 Å². The zero-order valence-electron chi connectivity index (χ0n) is 12.0. The van der Waals surface area contributed by atoms with Crippen molar-refractivity contribution in [2.45, 2.75) is 38.3 Å². The van der Waals surface area contributed by atoms with Crippen LogP contribution in [0.15, 0.2) is 22.7 Å². The fourth-order valence-corrected chi connectivity index (χ4v) is 2.66. The van der Waals surface area contributed by atoms with Crippen LogP contribution in [-0.4, -0.2) is 30.6 Å². The summed E-state index contributed by atoms with van der Waals surface area (Å²) in [6.45, 7) is 4.29. The van der Waals surface area contributed by atoms with Crippen LogP contribution in [0.25, 0.3) is 0 Å². The highest BCUT2D eigenvalue weighted by Gasteiger charge is 2.34. The van der Waals surface area contributed by atoms with Crippen molar-refractivity contribution in [2.24, 2.45) is 5.84 Å². The number of hydrogen-bond acceptors (Lipinski definition) is 3. The topological polar surface area (TPSA) is 41.3 Å². The first-order chi connectivity index (χ1) is 8.85. The third kappa shape index (κ3) is 3.75. The number of halogens is 2. The van der Waals surface area contributed by atoms with E-state index in [4.69, 9.17) is 5.84 Å². The van der Waals surface area contributed by atoms with Crippen molar-refractivity contribution in [1.29, 1.82) is 0 Å². The predicted molar refractivity (Wildman–Crippen MR) is 81.3 cm³/mol. The highest BCUT2D eigenvalue weighted by molar-refractivity contribution is 9.10. The fraction of sp³-hybridized carbons (Fsp3) is 0.571. The first kappa shape index (κ1) is 16.6. The monoisotopic (exact) mass is 331 g/mol. The van der Waals surface area contributed by atoms with Crippen molar-refractivity contribution < 1.29 is 4.39 Å². The molecule has 1 aromatic carbocycles. The van der Waals surface area contributed by atoms with Gasteiger partial charge in [-0.3, -0.25) is 11.3 Å². The molecule has 0 aliphatic carbocycles. The van der Waals surface area contributed by atoms with E-state index in [1.54, 1.807) is 12.1 Å². The van der Waals surface area contributed by atoms with Crippen molar-refractivity contribution in [3.8, 4) is 0 Å². The molecule has 108 valence electrons. The minimum absolute atomic E-state index is 0.0330. The molecular weight excluding hydrogens is 309 g/mol. The van der Waals surface area contributed by atoms with Gasteiger partial charge in [0.15, 0.2) is 0 Å². The quantitative estimate of drug-likeness (QED) is 0.622. The van der Waals surface area contributed by atoms with Crippen LogP contribution in [0.2, 0.25) is 0 Å². The maximum absolute atomic E-state index is 13.4. The van der Waals surface area contributed by atoms with Gasteiger partial charge in [0.05, 0.1) is 0 Å². The van der Waals surface area contributed by atoms with Crippen LogP contribution >= 0.6 is 15.9 Å². The first-order valence-corrected chi connectivity index (χ1v) is 7.22. The molecule has 1 rings (SSSR count). The largest absolute Gasteiger partial charge is 0.302 e. The lowest BCUT2D eigenvalue weighted by atomic mass is 9.84. The molecule has 0 radical (unpaired) electrons. The highest BCUT2D eigenvalue weighted by atomic mass is 79.9. The number of hydrogen-bond donors (Lipinski definition) is 2. The van der Waals surface area contributed by atoms with Crippen LogP contribution in [0.5, 0.6) is 0 Å². The summed E-state index contributed by atoms with van der Waals surface area (Å²) >= 11 is 3.46. The molecule has 0 aliphatic rings. The Kier molecular flexibility index (Phi) is 5.92. The molecule has 1 aromatic rings. The van der Waals surface area contributed by atoms with Crippen molar-refractivity contribution in [3.05, 3.63) is 34.1 Å². The lowest BCUT2D eigenvalue weighted by Gasteiger charge is -2.42. The average molecular weight is 332 g/mol. The van der Waals surface area contributed by atoms with Gasteiger partial charge in [0.25, 0.3) is 0 Å². The molecule has 0 bridgehead atoms. The van der Waals surface area contributed by atoms with E-state index in [0.717, 1.165) is 16.5 Å². The van der Waals surface area contributed by atoms with Crippen LogP contribution in [-0.2, 0) is 6.42 Å². The van der Waals surface area contributed by atoms with Gasteiger partial charge in [-0.15, -0.1) is 0 Å². The van der Waals surface area contributed by atoms with E-state index in [2.05, 4.69) is 40.1 Å². The number of nitrogens with one attached hydrogen (secondary N) is 1. The molecule has 0 heterocycles. The second kappa shape index (κ2) is 6.79. The molecule has 19 heavy (non-hydrogen) atoms. The molecule has 2 unspecified atom stereocenters. The molecule has 0 spiro atoms. The summed E-state index contributed by atoms with van der Waals surface area (Å²) in [5, 5.41) is 0. The summed E-state index contributed by atoms with van der Waals surface area (Å²) in [4.78, 5) is 2.16. The molecule has 5 heteroatoms. The molecule has 0 aromatic heterocycles. The zero-order chi connectivity index (χ0) is 14.6. The molecular formula is C14H23BrFN3. The van der Waals surface area contributed by atoms with E-state index >= 15 is 0 Å². The van der Waals surface area contributed by atoms with Crippen LogP contribution in [0, 0.1) is 5.82 Å². The highest BCUT2D eigenvalue weighted by Crippen LogP contribution is 2.26. The van der Waals surface area contributed by atoms with Gasteiger partial charge in [-0.2, -0.15) is 0 Å². The van der Waals surface area contributed by atoms with Gasteiger partial charge in [0.2, 0.25) is 0 Å². The lowest BCUT2D eigenvalue weighted by Crippen LogP contribution is -2.59. The Bertz CT molecular complexity index is 425. The van der Waals surface area contributed by atoms with Gasteiger partial charge in [0.1, 0.15) is 5.82 Å². The number of rotatable bonds is 6. The second-order valence-electron chi connectivity index (χ2n) is 5.26. The molecule has 2 atom stereocenters. The van der Waals surface area contributed by atoms with Crippen LogP contribution in [0.1, 0.15) is 25.8 Å². The van der Waals surface area contributed by atoms with Crippen LogP contribution < -0.4 is 11.3 Å². The van der Waals surface area contributed by atoms with Crippen LogP contribution in [0.3, 0.4) is 0 Å². The third-order valence-electron chi connectivity index (χ3n) is 4.12. The van der Waals surface area contributed by atoms with E-state index < -0.39 is 0 Å². The zero-order valence-corrected chi connectivity index (χ0v) is 13.6. The van der Waals surface area contributed by atoms with E-state index in [-0.39, 0.29) is 17.4 Å². The number of nitrogens with two attached hydrogens (primary N) is 1. The second-order valence-corrected chi connectivity index (χ2v) is 6.12. The standard InChI is InChI=1S/C14H23BrFN3/c1-5-14(2,19(3)4)13(18-17)9-10-8-11(16)6-7-12(10)15/h6-8,13,18H,5,9,17H2,1-4H3. The normalized spacial score (nSPS) is 16.4. The molecule has 0 aliphatic heterocycles. The van der Waals surface area contributed by atoms with E-state index in [0.29, 0.717) is 6.42 Å². The van der Waals surface area contributed by atoms with Crippen molar-refractivity contribution in [3.63, 3.8) is 0 Å². The Morgan fingerprint density at radius 1 is 1.47 bits per heavy atom. The van der Waals surface area contributed by atoms with Gasteiger partial charge in [-0.05, 0) is 57.6 Å². The van der Waals surface area contributed by atoms with E-state index in [9.17, 15) is 4.39 Å². The Balaban J connectivity index is 3.02. The Morgan fingerprint density at radius 2 is 2.11 bits per heavy atom. The molecule has 0 fully saturated rings. The summed E-state index contributed by atoms with van der Waals surface area (Å²) in [5.41, 5.74) is 3.71. The number of benzene rings is 1. The SMILES string of the molecule is CCC(C)(C(Cc1cc(F)ccc1Br)NN)N(C)C. The molecule has 0 saturated carbocycles. The number of hydrazine groups is 1. The summed E-state index contributed by atoms with van der Waals surface area (Å²) < 4.78 is 14.3. The summed E-state index contributed by atoms with van der Waals surface area (Å²) in [6, 6.07) is 4.77. The maximum Gasteiger partial charge on any atom is 0.123 e. The Hall–Kier alpha value is -0.490. The first-order valence-electron chi connectivity index (χ1n) is 6.42. The van der Waals surface area contributed by atoms with E-state index in [1.165, 1.54) is 6.07 Å². The molecule has 0 saturated heterocycles. The fourth-order valence-electron chi connectivity index (χ4n) is 2.25. The van der Waals surface area contributed by atoms with Gasteiger partial charge in [0, 0.05) is 16.1 Å². The minimum Gasteiger partial charge on any atom is -0.302 e. The van der Waals surface area contributed by atoms with Gasteiger partial charge in [-0.1, -0.05) is 22.9 Å². The predicted octanol–water partition coefficient (Wildman–Crippen LogP) is 2.69.